The summed E-state index contributed by atoms with van der Waals surface area (Å²) in [5, 5.41) is 0.0606. The summed E-state index contributed by atoms with van der Waals surface area (Å²) in [6.07, 6.45) is 6.47. The van der Waals surface area contributed by atoms with E-state index in [4.69, 9.17) is 4.74 Å². The third-order valence-electron chi connectivity index (χ3n) is 3.50. The van der Waals surface area contributed by atoms with Crippen LogP contribution < -0.4 is 14.4 Å². The first kappa shape index (κ1) is 15.7. The molecule has 2 N–H and O–H groups in total. The minimum Gasteiger partial charge on any atom is -0.475 e. The molecule has 1 saturated heterocycles. The van der Waals surface area contributed by atoms with Gasteiger partial charge in [0, 0.05) is 31.5 Å². The highest BCUT2D eigenvalue weighted by Crippen LogP contribution is 2.26. The lowest BCUT2D eigenvalue weighted by Crippen LogP contribution is -2.37. The predicted octanol–water partition coefficient (Wildman–Crippen LogP) is 0.156. The van der Waals surface area contributed by atoms with Gasteiger partial charge in [0.1, 0.15) is 0 Å². The van der Waals surface area contributed by atoms with Crippen molar-refractivity contribution in [1.29, 1.82) is 0 Å². The molecule has 2 aromatic rings. The van der Waals surface area contributed by atoms with Crippen LogP contribution in [0.15, 0.2) is 29.9 Å². The van der Waals surface area contributed by atoms with E-state index in [1.807, 2.05) is 11.8 Å². The van der Waals surface area contributed by atoms with Crippen molar-refractivity contribution >= 4 is 15.8 Å². The van der Waals surface area contributed by atoms with E-state index in [-0.39, 0.29) is 11.1 Å². The molecule has 1 atom stereocenters. The van der Waals surface area contributed by atoms with Crippen molar-refractivity contribution < 1.29 is 13.2 Å². The smallest absolute Gasteiger partial charge is 0.257 e. The summed E-state index contributed by atoms with van der Waals surface area (Å²) in [6.45, 7) is 3.56. The van der Waals surface area contributed by atoms with Crippen molar-refractivity contribution in [2.45, 2.75) is 24.4 Å². The summed E-state index contributed by atoms with van der Waals surface area (Å²) in [4.78, 5) is 16.8. The minimum atomic E-state index is -3.59. The lowest BCUT2D eigenvalue weighted by atomic mass is 10.3. The summed E-state index contributed by atoms with van der Waals surface area (Å²) < 4.78 is 32.6. The van der Waals surface area contributed by atoms with Crippen LogP contribution in [0.3, 0.4) is 0 Å². The molecule has 0 radical (unpaired) electrons. The fourth-order valence-electron chi connectivity index (χ4n) is 2.50. The summed E-state index contributed by atoms with van der Waals surface area (Å²) in [7, 11) is -3.59. The fourth-order valence-corrected chi connectivity index (χ4v) is 3.66. The Bertz CT molecular complexity index is 749. The minimum absolute atomic E-state index is 0.0606. The van der Waals surface area contributed by atoms with E-state index >= 15 is 0 Å². The zero-order valence-corrected chi connectivity index (χ0v) is 13.5. The van der Waals surface area contributed by atoms with Gasteiger partial charge < -0.3 is 14.6 Å². The van der Waals surface area contributed by atoms with E-state index in [1.165, 1.54) is 12.5 Å². The van der Waals surface area contributed by atoms with Gasteiger partial charge in [0.2, 0.25) is 0 Å². The Morgan fingerprint density at radius 3 is 3.00 bits per heavy atom. The second-order valence-corrected chi connectivity index (χ2v) is 6.77. The number of rotatable bonds is 6. The van der Waals surface area contributed by atoms with Crippen LogP contribution in [0.1, 0.15) is 13.3 Å². The van der Waals surface area contributed by atoms with Gasteiger partial charge >= 0.3 is 0 Å². The zero-order chi connectivity index (χ0) is 16.3. The number of imidazole rings is 1. The van der Waals surface area contributed by atoms with Crippen molar-refractivity contribution in [1.82, 2.24) is 24.7 Å². The van der Waals surface area contributed by atoms with Gasteiger partial charge in [0.25, 0.3) is 15.9 Å². The number of hydrogen-bond acceptors (Lipinski definition) is 7. The maximum atomic E-state index is 12.2. The number of H-pyrrole nitrogens is 1. The Balaban J connectivity index is 1.70. The van der Waals surface area contributed by atoms with Gasteiger partial charge in [-0.05, 0) is 13.3 Å². The second kappa shape index (κ2) is 6.50. The van der Waals surface area contributed by atoms with Gasteiger partial charge in [-0.2, -0.15) is 0 Å². The summed E-state index contributed by atoms with van der Waals surface area (Å²) in [5.74, 6) is 1.10. The molecule has 9 nitrogen and oxygen atoms in total. The second-order valence-electron chi connectivity index (χ2n) is 5.09. The van der Waals surface area contributed by atoms with Crippen molar-refractivity contribution in [2.75, 3.05) is 24.6 Å². The van der Waals surface area contributed by atoms with Gasteiger partial charge in [-0.3, -0.25) is 0 Å². The maximum Gasteiger partial charge on any atom is 0.257 e. The number of nitrogens with zero attached hydrogens (tertiary/aromatic N) is 4. The number of sulfonamides is 1. The topological polar surface area (TPSA) is 113 Å². The maximum absolute atomic E-state index is 12.2. The fraction of sp³-hybridized carbons (Fsp3) is 0.462. The monoisotopic (exact) mass is 338 g/mol. The van der Waals surface area contributed by atoms with Crippen LogP contribution in [0.25, 0.3) is 0 Å². The number of anilines is 1. The molecule has 23 heavy (non-hydrogen) atoms. The van der Waals surface area contributed by atoms with Gasteiger partial charge in [0.15, 0.2) is 10.8 Å². The molecule has 0 spiro atoms. The van der Waals surface area contributed by atoms with Gasteiger partial charge in [-0.1, -0.05) is 0 Å². The van der Waals surface area contributed by atoms with Crippen molar-refractivity contribution in [3.8, 4) is 5.88 Å². The molecule has 1 aliphatic heterocycles. The molecule has 3 heterocycles. The number of aromatic amines is 1. The molecule has 0 unspecified atom stereocenters. The first-order valence-electron chi connectivity index (χ1n) is 7.29. The molecular weight excluding hydrogens is 320 g/mol. The Labute approximate surface area is 134 Å². The normalized spacial score (nSPS) is 18.3. The summed E-state index contributed by atoms with van der Waals surface area (Å²) >= 11 is 0. The first-order valence-corrected chi connectivity index (χ1v) is 8.78. The molecule has 3 rings (SSSR count). The van der Waals surface area contributed by atoms with Crippen molar-refractivity contribution in [3.63, 3.8) is 0 Å². The van der Waals surface area contributed by atoms with Crippen LogP contribution in [0.4, 0.5) is 5.82 Å². The first-order chi connectivity index (χ1) is 11.1. The average Bonchev–Trinajstić information content (AvgIpc) is 3.19. The molecular formula is C13H18N6O3S. The largest absolute Gasteiger partial charge is 0.475 e. The van der Waals surface area contributed by atoms with E-state index < -0.39 is 10.0 Å². The molecule has 0 amide bonds. The van der Waals surface area contributed by atoms with Crippen LogP contribution in [0.2, 0.25) is 0 Å². The van der Waals surface area contributed by atoms with E-state index in [0.29, 0.717) is 37.8 Å². The van der Waals surface area contributed by atoms with E-state index in [0.717, 1.165) is 0 Å². The molecule has 10 heteroatoms. The Morgan fingerprint density at radius 1 is 1.43 bits per heavy atom. The molecule has 0 aliphatic carbocycles. The molecule has 2 aromatic heterocycles. The standard InChI is InChI=1S/C13H18N6O3S/c1-2-22-13-12(15-4-5-16-13)19-6-3-10(8-19)18-23(20,21)11-7-14-9-17-11/h4-5,7,9-10,18H,2-3,6,8H2,1H3,(H,14,17)/t10-/m0/s1. The van der Waals surface area contributed by atoms with Gasteiger partial charge in [0.05, 0.1) is 19.1 Å². The van der Waals surface area contributed by atoms with E-state index in [2.05, 4.69) is 24.7 Å². The predicted molar refractivity (Wildman–Crippen MR) is 82.7 cm³/mol. The Kier molecular flexibility index (Phi) is 4.44. The third kappa shape index (κ3) is 3.42. The summed E-state index contributed by atoms with van der Waals surface area (Å²) in [5.41, 5.74) is 0. The van der Waals surface area contributed by atoms with Crippen molar-refractivity contribution in [3.05, 3.63) is 24.9 Å². The molecule has 1 fully saturated rings. The molecule has 1 aliphatic rings. The number of aromatic nitrogens is 4. The molecule has 0 saturated carbocycles. The third-order valence-corrected chi connectivity index (χ3v) is 4.95. The van der Waals surface area contributed by atoms with Crippen LogP contribution in [0, 0.1) is 0 Å². The SMILES string of the molecule is CCOc1nccnc1N1CC[C@H](NS(=O)(=O)c2cnc[nH]2)C1. The number of ether oxygens (including phenoxy) is 1. The molecule has 0 bridgehead atoms. The average molecular weight is 338 g/mol. The quantitative estimate of drug-likeness (QED) is 0.771. The Morgan fingerprint density at radius 2 is 2.26 bits per heavy atom. The van der Waals surface area contributed by atoms with Crippen LogP contribution in [0.5, 0.6) is 5.88 Å². The van der Waals surface area contributed by atoms with Gasteiger partial charge in [-0.15, -0.1) is 0 Å². The van der Waals surface area contributed by atoms with Crippen LogP contribution in [-0.2, 0) is 10.0 Å². The molecule has 0 aromatic carbocycles. The highest BCUT2D eigenvalue weighted by Gasteiger charge is 2.30. The van der Waals surface area contributed by atoms with E-state index in [9.17, 15) is 8.42 Å². The Hall–Kier alpha value is -2.20. The lowest BCUT2D eigenvalue weighted by Gasteiger charge is -2.19. The van der Waals surface area contributed by atoms with Crippen molar-refractivity contribution in [2.24, 2.45) is 0 Å². The van der Waals surface area contributed by atoms with Crippen LogP contribution >= 0.6 is 0 Å². The molecule has 124 valence electrons. The highest BCUT2D eigenvalue weighted by atomic mass is 32.2. The lowest BCUT2D eigenvalue weighted by molar-refractivity contribution is 0.326. The zero-order valence-electron chi connectivity index (χ0n) is 12.6. The van der Waals surface area contributed by atoms with E-state index in [1.54, 1.807) is 12.4 Å². The summed E-state index contributed by atoms with van der Waals surface area (Å²) in [6, 6.07) is -0.209. The number of nitrogens with one attached hydrogen (secondary N) is 2. The van der Waals surface area contributed by atoms with Gasteiger partial charge in [-0.25, -0.2) is 28.1 Å². The number of hydrogen-bond donors (Lipinski definition) is 2. The van der Waals surface area contributed by atoms with Crippen LogP contribution in [-0.4, -0.2) is 54.1 Å². The highest BCUT2D eigenvalue weighted by molar-refractivity contribution is 7.89.